The molecule has 2 atom stereocenters. The van der Waals surface area contributed by atoms with Crippen LogP contribution in [0.1, 0.15) is 142 Å². The Balaban J connectivity index is 4.51. The zero-order valence-corrected chi connectivity index (χ0v) is 30.7. The highest BCUT2D eigenvalue weighted by molar-refractivity contribution is 5.72. The zero-order valence-electron chi connectivity index (χ0n) is 30.7. The van der Waals surface area contributed by atoms with E-state index in [1.807, 2.05) is 21.1 Å². The molecule has 47 heavy (non-hydrogen) atoms. The molecule has 1 N–H and O–H groups in total. The van der Waals surface area contributed by atoms with E-state index in [9.17, 15) is 19.5 Å². The lowest BCUT2D eigenvalue weighted by atomic mass is 10.1. The lowest BCUT2D eigenvalue weighted by Gasteiger charge is -2.31. The van der Waals surface area contributed by atoms with Gasteiger partial charge in [0.25, 0.3) is 0 Å². The van der Waals surface area contributed by atoms with Gasteiger partial charge in [0, 0.05) is 19.3 Å². The number of unbranched alkanes of at least 4 members (excludes halogenated alkanes) is 12. The molecule has 0 heterocycles. The highest BCUT2D eigenvalue weighted by atomic mass is 16.6. The second-order valence-corrected chi connectivity index (χ2v) is 13.5. The lowest BCUT2D eigenvalue weighted by Crippen LogP contribution is -2.50. The highest BCUT2D eigenvalue weighted by Gasteiger charge is 2.31. The molecule has 0 aliphatic heterocycles. The number of carbonyl (C=O) groups excluding carboxylic acids is 2. The van der Waals surface area contributed by atoms with E-state index >= 15 is 0 Å². The van der Waals surface area contributed by atoms with E-state index < -0.39 is 18.1 Å². The van der Waals surface area contributed by atoms with Gasteiger partial charge in [-0.25, -0.2) is 4.79 Å². The zero-order chi connectivity index (χ0) is 35.0. The third kappa shape index (κ3) is 29.4. The largest absolute Gasteiger partial charge is 0.477 e. The number of esters is 2. The van der Waals surface area contributed by atoms with Gasteiger partial charge in [-0.2, -0.15) is 0 Å². The van der Waals surface area contributed by atoms with Crippen molar-refractivity contribution in [1.82, 2.24) is 0 Å². The molecule has 0 aliphatic rings. The third-order valence-corrected chi connectivity index (χ3v) is 8.05. The number of nitrogens with zero attached hydrogens (tertiary/aromatic N) is 1. The van der Waals surface area contributed by atoms with E-state index in [4.69, 9.17) is 14.2 Å². The summed E-state index contributed by atoms with van der Waals surface area (Å²) in [7, 11) is 5.50. The quantitative estimate of drug-likeness (QED) is 0.0331. The van der Waals surface area contributed by atoms with Crippen LogP contribution in [-0.2, 0) is 28.6 Å². The summed E-state index contributed by atoms with van der Waals surface area (Å²) in [6.45, 7) is 4.55. The molecule has 0 aliphatic carbocycles. The molecule has 0 saturated heterocycles. The molecule has 0 fully saturated rings. The average molecular weight is 665 g/mol. The van der Waals surface area contributed by atoms with Crippen molar-refractivity contribution in [3.8, 4) is 0 Å². The molecule has 0 spiro atoms. The Kier molecular flexibility index (Phi) is 29.2. The monoisotopic (exact) mass is 665 g/mol. The molecule has 8 heteroatoms. The van der Waals surface area contributed by atoms with Gasteiger partial charge in [0.1, 0.15) is 6.61 Å². The molecule has 0 amide bonds. The molecular formula is C39H70NO7+. The van der Waals surface area contributed by atoms with Crippen LogP contribution in [0.3, 0.4) is 0 Å². The van der Waals surface area contributed by atoms with E-state index in [2.05, 4.69) is 50.3 Å². The summed E-state index contributed by atoms with van der Waals surface area (Å²) in [5.41, 5.74) is 0. The fourth-order valence-corrected chi connectivity index (χ4v) is 5.16. The fourth-order valence-electron chi connectivity index (χ4n) is 5.16. The maximum Gasteiger partial charge on any atom is 0.362 e. The first-order valence-corrected chi connectivity index (χ1v) is 18.5. The van der Waals surface area contributed by atoms with Crippen LogP contribution >= 0.6 is 0 Å². The molecule has 272 valence electrons. The summed E-state index contributed by atoms with van der Waals surface area (Å²) < 4.78 is 17.1. The van der Waals surface area contributed by atoms with Gasteiger partial charge in [0.2, 0.25) is 0 Å². The average Bonchev–Trinajstić information content (AvgIpc) is 3.01. The summed E-state index contributed by atoms with van der Waals surface area (Å²) in [6.07, 6.45) is 31.9. The summed E-state index contributed by atoms with van der Waals surface area (Å²) in [6, 6.07) is -0.618. The Labute approximate surface area is 287 Å². The number of hydrogen-bond acceptors (Lipinski definition) is 6. The van der Waals surface area contributed by atoms with Crippen LogP contribution in [0.5, 0.6) is 0 Å². The van der Waals surface area contributed by atoms with Gasteiger partial charge in [-0.3, -0.25) is 9.59 Å². The predicted molar refractivity (Wildman–Crippen MR) is 192 cm³/mol. The fraction of sp³-hybridized carbons (Fsp3) is 0.769. The van der Waals surface area contributed by atoms with Crippen LogP contribution in [0.25, 0.3) is 0 Å². The molecular weight excluding hydrogens is 594 g/mol. The Morgan fingerprint density at radius 3 is 1.77 bits per heavy atom. The molecule has 0 aromatic rings. The number of ether oxygens (including phenoxy) is 3. The van der Waals surface area contributed by atoms with Crippen LogP contribution < -0.4 is 0 Å². The Morgan fingerprint density at radius 2 is 1.19 bits per heavy atom. The minimum atomic E-state index is -0.883. The summed E-state index contributed by atoms with van der Waals surface area (Å²) in [5, 5.41) is 9.56. The van der Waals surface area contributed by atoms with E-state index in [-0.39, 0.29) is 42.7 Å². The molecule has 8 nitrogen and oxygen atoms in total. The number of carboxylic acids is 1. The lowest BCUT2D eigenvalue weighted by molar-refractivity contribution is -0.887. The summed E-state index contributed by atoms with van der Waals surface area (Å²) in [4.78, 5) is 36.7. The smallest absolute Gasteiger partial charge is 0.362 e. The van der Waals surface area contributed by atoms with E-state index in [0.717, 1.165) is 51.4 Å². The van der Waals surface area contributed by atoms with Gasteiger partial charge >= 0.3 is 17.9 Å². The first-order chi connectivity index (χ1) is 22.6. The van der Waals surface area contributed by atoms with E-state index in [1.54, 1.807) is 0 Å². The molecule has 0 radical (unpaired) electrons. The minimum absolute atomic E-state index is 0.0471. The highest BCUT2D eigenvalue weighted by Crippen LogP contribution is 2.13. The Hall–Kier alpha value is -2.45. The summed E-state index contributed by atoms with van der Waals surface area (Å²) >= 11 is 0. The van der Waals surface area contributed by atoms with Crippen molar-refractivity contribution in [3.05, 3.63) is 36.5 Å². The predicted octanol–water partition coefficient (Wildman–Crippen LogP) is 9.13. The normalized spacial score (nSPS) is 13.5. The van der Waals surface area contributed by atoms with Crippen LogP contribution in [0.2, 0.25) is 0 Å². The van der Waals surface area contributed by atoms with Gasteiger partial charge in [0.05, 0.1) is 34.4 Å². The van der Waals surface area contributed by atoms with Crippen LogP contribution in [0.4, 0.5) is 0 Å². The second kappa shape index (κ2) is 30.9. The SMILES string of the molecule is CC/C=C/C/C=C/C/C=C/CCCCC(=O)OC(COCCC(C(=O)O)[N+](C)(C)C)COC(=O)CCCCCCCCCCCCC. The van der Waals surface area contributed by atoms with Crippen LogP contribution in [-0.4, -0.2) is 80.6 Å². The van der Waals surface area contributed by atoms with Gasteiger partial charge in [-0.05, 0) is 44.9 Å². The summed E-state index contributed by atoms with van der Waals surface area (Å²) in [5.74, 6) is -1.52. The van der Waals surface area contributed by atoms with Crippen LogP contribution in [0.15, 0.2) is 36.5 Å². The van der Waals surface area contributed by atoms with Crippen LogP contribution in [0, 0.1) is 0 Å². The first-order valence-electron chi connectivity index (χ1n) is 18.5. The number of hydrogen-bond donors (Lipinski definition) is 1. The molecule has 2 unspecified atom stereocenters. The number of rotatable bonds is 32. The van der Waals surface area contributed by atoms with Gasteiger partial charge in [-0.1, -0.05) is 115 Å². The minimum Gasteiger partial charge on any atom is -0.477 e. The van der Waals surface area contributed by atoms with Crippen molar-refractivity contribution in [1.29, 1.82) is 0 Å². The van der Waals surface area contributed by atoms with Crippen molar-refractivity contribution in [2.24, 2.45) is 0 Å². The maximum atomic E-state index is 12.6. The molecule has 0 rings (SSSR count). The van der Waals surface area contributed by atoms with E-state index in [0.29, 0.717) is 19.3 Å². The Bertz CT molecular complexity index is 875. The van der Waals surface area contributed by atoms with Gasteiger partial charge in [-0.15, -0.1) is 0 Å². The molecule has 0 aromatic carbocycles. The van der Waals surface area contributed by atoms with Crippen molar-refractivity contribution >= 4 is 17.9 Å². The van der Waals surface area contributed by atoms with Crippen molar-refractivity contribution < 1.29 is 38.2 Å². The number of allylic oxidation sites excluding steroid dienone is 6. The molecule has 0 saturated carbocycles. The number of aliphatic carboxylic acids is 1. The number of carboxylic acid groups (broad SMARTS) is 1. The molecule has 0 aromatic heterocycles. The standard InChI is InChI=1S/C39H69NO7/c1-6-8-10-12-14-16-18-20-22-24-26-28-30-38(42)47-35(33-45-32-31-36(39(43)44)40(3,4)5)34-46-37(41)29-27-25-23-21-19-17-15-13-11-9-7-2/h8,10,14,16,20,22,35-36H,6-7,9,11-13,15,17-19,21,23-34H2,1-5H3/p+1/b10-8+,16-14+,22-20+. The number of likely N-dealkylation sites (N-methyl/N-ethyl adjacent to an activating group) is 1. The van der Waals surface area contributed by atoms with E-state index in [1.165, 1.54) is 51.4 Å². The first kappa shape index (κ1) is 44.5. The third-order valence-electron chi connectivity index (χ3n) is 8.05. The molecule has 0 bridgehead atoms. The van der Waals surface area contributed by atoms with Gasteiger partial charge in [0.15, 0.2) is 12.1 Å². The van der Waals surface area contributed by atoms with Crippen molar-refractivity contribution in [3.63, 3.8) is 0 Å². The Morgan fingerprint density at radius 1 is 0.660 bits per heavy atom. The number of carbonyl (C=O) groups is 3. The van der Waals surface area contributed by atoms with Crippen molar-refractivity contribution in [2.75, 3.05) is 41.0 Å². The topological polar surface area (TPSA) is 99.1 Å². The number of quaternary nitrogens is 1. The second-order valence-electron chi connectivity index (χ2n) is 13.5. The van der Waals surface area contributed by atoms with Crippen molar-refractivity contribution in [2.45, 2.75) is 154 Å². The van der Waals surface area contributed by atoms with Gasteiger partial charge < -0.3 is 23.8 Å². The maximum absolute atomic E-state index is 12.6.